The Balaban J connectivity index is 1.85. The quantitative estimate of drug-likeness (QED) is 0.800. The van der Waals surface area contributed by atoms with Crippen molar-refractivity contribution in [3.63, 3.8) is 0 Å². The number of hydrogen-bond acceptors (Lipinski definition) is 4. The number of rotatable bonds is 4. The van der Waals surface area contributed by atoms with Crippen LogP contribution in [0.3, 0.4) is 0 Å². The SMILES string of the molecule is O=C(NCCn1ccnn1)c1cccc(O)c1. The van der Waals surface area contributed by atoms with E-state index in [-0.39, 0.29) is 11.7 Å². The van der Waals surface area contributed by atoms with Gasteiger partial charge in [0.05, 0.1) is 12.7 Å². The van der Waals surface area contributed by atoms with Crippen LogP contribution in [0.4, 0.5) is 0 Å². The van der Waals surface area contributed by atoms with E-state index >= 15 is 0 Å². The zero-order valence-electron chi connectivity index (χ0n) is 9.08. The maximum absolute atomic E-state index is 11.7. The summed E-state index contributed by atoms with van der Waals surface area (Å²) < 4.78 is 1.63. The first kappa shape index (κ1) is 11.1. The number of amides is 1. The lowest BCUT2D eigenvalue weighted by Gasteiger charge is -2.05. The Morgan fingerprint density at radius 2 is 2.35 bits per heavy atom. The van der Waals surface area contributed by atoms with Crippen molar-refractivity contribution < 1.29 is 9.90 Å². The number of nitrogens with zero attached hydrogens (tertiary/aromatic N) is 3. The molecule has 0 saturated carbocycles. The lowest BCUT2D eigenvalue weighted by molar-refractivity contribution is 0.0951. The first-order valence-corrected chi connectivity index (χ1v) is 5.17. The van der Waals surface area contributed by atoms with Gasteiger partial charge >= 0.3 is 0 Å². The molecule has 2 rings (SSSR count). The second-order valence-corrected chi connectivity index (χ2v) is 3.47. The molecule has 1 heterocycles. The number of phenolic OH excluding ortho intramolecular Hbond substituents is 1. The second-order valence-electron chi connectivity index (χ2n) is 3.47. The lowest BCUT2D eigenvalue weighted by atomic mass is 10.2. The van der Waals surface area contributed by atoms with Gasteiger partial charge in [-0.2, -0.15) is 0 Å². The van der Waals surface area contributed by atoms with E-state index in [0.717, 1.165) is 0 Å². The molecule has 2 aromatic rings. The van der Waals surface area contributed by atoms with Crippen LogP contribution in [0.25, 0.3) is 0 Å². The van der Waals surface area contributed by atoms with Crippen LogP contribution in [0.15, 0.2) is 36.7 Å². The first-order valence-electron chi connectivity index (χ1n) is 5.17. The van der Waals surface area contributed by atoms with Crippen molar-refractivity contribution in [2.24, 2.45) is 0 Å². The van der Waals surface area contributed by atoms with Crippen LogP contribution < -0.4 is 5.32 Å². The highest BCUT2D eigenvalue weighted by Gasteiger charge is 2.05. The van der Waals surface area contributed by atoms with Crippen molar-refractivity contribution >= 4 is 5.91 Å². The maximum atomic E-state index is 11.7. The van der Waals surface area contributed by atoms with Gasteiger partial charge in [0.2, 0.25) is 0 Å². The predicted molar refractivity (Wildman–Crippen MR) is 60.5 cm³/mol. The normalized spacial score (nSPS) is 10.1. The molecule has 0 atom stereocenters. The predicted octanol–water partition coefficient (Wildman–Crippen LogP) is 0.414. The number of carbonyl (C=O) groups excluding carboxylic acids is 1. The zero-order chi connectivity index (χ0) is 12.1. The van der Waals surface area contributed by atoms with E-state index in [1.54, 1.807) is 29.2 Å². The molecule has 1 aromatic carbocycles. The molecule has 88 valence electrons. The van der Waals surface area contributed by atoms with E-state index in [4.69, 9.17) is 0 Å². The Morgan fingerprint density at radius 1 is 1.47 bits per heavy atom. The molecule has 0 unspecified atom stereocenters. The number of hydrogen-bond donors (Lipinski definition) is 2. The van der Waals surface area contributed by atoms with E-state index in [9.17, 15) is 9.90 Å². The van der Waals surface area contributed by atoms with Crippen LogP contribution >= 0.6 is 0 Å². The molecular weight excluding hydrogens is 220 g/mol. The molecular formula is C11H12N4O2. The fraction of sp³-hybridized carbons (Fsp3) is 0.182. The van der Waals surface area contributed by atoms with Crippen molar-refractivity contribution in [2.45, 2.75) is 6.54 Å². The summed E-state index contributed by atoms with van der Waals surface area (Å²) in [7, 11) is 0. The summed E-state index contributed by atoms with van der Waals surface area (Å²) in [5.41, 5.74) is 0.434. The molecule has 6 heteroatoms. The van der Waals surface area contributed by atoms with Crippen molar-refractivity contribution in [3.05, 3.63) is 42.2 Å². The molecule has 0 fully saturated rings. The second kappa shape index (κ2) is 5.11. The summed E-state index contributed by atoms with van der Waals surface area (Å²) in [5.74, 6) is -0.144. The van der Waals surface area contributed by atoms with E-state index in [2.05, 4.69) is 15.6 Å². The maximum Gasteiger partial charge on any atom is 0.251 e. The third-order valence-corrected chi connectivity index (χ3v) is 2.21. The minimum absolute atomic E-state index is 0.0777. The standard InChI is InChI=1S/C11H12N4O2/c16-10-3-1-2-9(8-10)11(17)12-4-6-15-7-5-13-14-15/h1-3,5,7-8,16H,4,6H2,(H,12,17). The van der Waals surface area contributed by atoms with Crippen LogP contribution in [0.5, 0.6) is 5.75 Å². The van der Waals surface area contributed by atoms with Gasteiger partial charge in [0.1, 0.15) is 5.75 Å². The van der Waals surface area contributed by atoms with Crippen LogP contribution in [0, 0.1) is 0 Å². The average Bonchev–Trinajstić information content (AvgIpc) is 2.82. The van der Waals surface area contributed by atoms with E-state index in [1.807, 2.05) is 0 Å². The van der Waals surface area contributed by atoms with Gasteiger partial charge in [-0.25, -0.2) is 0 Å². The molecule has 1 aromatic heterocycles. The molecule has 0 bridgehead atoms. The molecule has 17 heavy (non-hydrogen) atoms. The Labute approximate surface area is 97.9 Å². The van der Waals surface area contributed by atoms with Gasteiger partial charge in [-0.1, -0.05) is 11.3 Å². The van der Waals surface area contributed by atoms with Gasteiger partial charge in [0.15, 0.2) is 0 Å². The Hall–Kier alpha value is -2.37. The number of nitrogens with one attached hydrogen (secondary N) is 1. The number of benzene rings is 1. The van der Waals surface area contributed by atoms with Crippen molar-refractivity contribution in [3.8, 4) is 5.75 Å². The number of aromatic hydroxyl groups is 1. The Bertz CT molecular complexity index is 496. The van der Waals surface area contributed by atoms with Crippen LogP contribution in [0.2, 0.25) is 0 Å². The molecule has 0 saturated heterocycles. The minimum atomic E-state index is -0.221. The largest absolute Gasteiger partial charge is 0.508 e. The molecule has 1 amide bonds. The lowest BCUT2D eigenvalue weighted by Crippen LogP contribution is -2.27. The number of carbonyl (C=O) groups is 1. The molecule has 0 aliphatic heterocycles. The van der Waals surface area contributed by atoms with E-state index in [0.29, 0.717) is 18.7 Å². The monoisotopic (exact) mass is 232 g/mol. The van der Waals surface area contributed by atoms with Gasteiger partial charge in [-0.05, 0) is 18.2 Å². The van der Waals surface area contributed by atoms with Crippen molar-refractivity contribution in [1.29, 1.82) is 0 Å². The van der Waals surface area contributed by atoms with Gasteiger partial charge < -0.3 is 10.4 Å². The zero-order valence-corrected chi connectivity index (χ0v) is 9.08. The molecule has 2 N–H and O–H groups in total. The highest BCUT2D eigenvalue weighted by Crippen LogP contribution is 2.10. The highest BCUT2D eigenvalue weighted by atomic mass is 16.3. The highest BCUT2D eigenvalue weighted by molar-refractivity contribution is 5.94. The molecule has 0 aliphatic rings. The summed E-state index contributed by atoms with van der Waals surface area (Å²) >= 11 is 0. The van der Waals surface area contributed by atoms with Gasteiger partial charge in [0.25, 0.3) is 5.91 Å². The third-order valence-electron chi connectivity index (χ3n) is 2.21. The van der Waals surface area contributed by atoms with E-state index < -0.39 is 0 Å². The first-order chi connectivity index (χ1) is 8.25. The number of phenols is 1. The average molecular weight is 232 g/mol. The molecule has 0 aliphatic carbocycles. The summed E-state index contributed by atoms with van der Waals surface area (Å²) in [6.45, 7) is 1.02. The van der Waals surface area contributed by atoms with Crippen molar-refractivity contribution in [1.82, 2.24) is 20.3 Å². The van der Waals surface area contributed by atoms with Gasteiger partial charge in [0, 0.05) is 18.3 Å². The van der Waals surface area contributed by atoms with Crippen LogP contribution in [-0.4, -0.2) is 32.6 Å². The van der Waals surface area contributed by atoms with Crippen LogP contribution in [0.1, 0.15) is 10.4 Å². The van der Waals surface area contributed by atoms with Crippen LogP contribution in [-0.2, 0) is 6.54 Å². The molecule has 0 radical (unpaired) electrons. The summed E-state index contributed by atoms with van der Waals surface area (Å²) in [6.07, 6.45) is 3.30. The summed E-state index contributed by atoms with van der Waals surface area (Å²) in [5, 5.41) is 19.4. The summed E-state index contributed by atoms with van der Waals surface area (Å²) in [6, 6.07) is 6.21. The fourth-order valence-electron chi connectivity index (χ4n) is 1.39. The summed E-state index contributed by atoms with van der Waals surface area (Å²) in [4.78, 5) is 11.7. The smallest absolute Gasteiger partial charge is 0.251 e. The molecule has 0 spiro atoms. The number of aromatic nitrogens is 3. The third kappa shape index (κ3) is 3.04. The minimum Gasteiger partial charge on any atom is -0.508 e. The Kier molecular flexibility index (Phi) is 3.34. The Morgan fingerprint density at radius 3 is 3.06 bits per heavy atom. The molecule has 6 nitrogen and oxygen atoms in total. The van der Waals surface area contributed by atoms with Crippen molar-refractivity contribution in [2.75, 3.05) is 6.54 Å². The van der Waals surface area contributed by atoms with Gasteiger partial charge in [-0.3, -0.25) is 9.48 Å². The van der Waals surface area contributed by atoms with E-state index in [1.165, 1.54) is 12.1 Å². The van der Waals surface area contributed by atoms with Gasteiger partial charge in [-0.15, -0.1) is 5.10 Å². The topological polar surface area (TPSA) is 80.0 Å². The fourth-order valence-corrected chi connectivity index (χ4v) is 1.39.